The van der Waals surface area contributed by atoms with Gasteiger partial charge in [0.1, 0.15) is 0 Å². The van der Waals surface area contributed by atoms with Crippen molar-refractivity contribution >= 4 is 5.97 Å². The molecule has 1 aromatic rings. The second-order valence-electron chi connectivity index (χ2n) is 4.22. The van der Waals surface area contributed by atoms with Gasteiger partial charge in [-0.2, -0.15) is 0 Å². The van der Waals surface area contributed by atoms with Gasteiger partial charge in [-0.1, -0.05) is 5.21 Å². The van der Waals surface area contributed by atoms with Crippen molar-refractivity contribution in [3.05, 3.63) is 11.9 Å². The largest absolute Gasteiger partial charge is 0.476 e. The molecule has 0 aliphatic carbocycles. The minimum absolute atomic E-state index is 0.0146. The molecule has 1 aliphatic heterocycles. The molecule has 1 aliphatic rings. The summed E-state index contributed by atoms with van der Waals surface area (Å²) in [4.78, 5) is 10.7. The van der Waals surface area contributed by atoms with E-state index >= 15 is 0 Å². The Morgan fingerprint density at radius 1 is 1.62 bits per heavy atom. The fourth-order valence-corrected chi connectivity index (χ4v) is 2.12. The topological polar surface area (TPSA) is 80.0 Å². The van der Waals surface area contributed by atoms with Crippen LogP contribution in [0.15, 0.2) is 6.20 Å². The number of hydrogen-bond acceptors (Lipinski definition) is 4. The average molecular weight is 224 g/mol. The van der Waals surface area contributed by atoms with Gasteiger partial charge in [-0.3, -0.25) is 0 Å². The van der Waals surface area contributed by atoms with Gasteiger partial charge in [-0.25, -0.2) is 9.48 Å². The third-order valence-corrected chi connectivity index (χ3v) is 3.21. The number of carbonyl (C=O) groups is 1. The van der Waals surface area contributed by atoms with E-state index in [0.717, 1.165) is 25.9 Å². The van der Waals surface area contributed by atoms with Gasteiger partial charge in [-0.15, -0.1) is 5.10 Å². The normalized spacial score (nSPS) is 19.6. The van der Waals surface area contributed by atoms with Crippen molar-refractivity contribution in [2.75, 3.05) is 13.1 Å². The van der Waals surface area contributed by atoms with Crippen LogP contribution in [0.4, 0.5) is 0 Å². The number of piperidine rings is 1. The standard InChI is InChI=1S/C10H16N4O2/c1-7(8-2-4-11-5-3-8)14-6-9(10(15)16)12-13-14/h6-8,11H,2-5H2,1H3,(H,15,16). The average Bonchev–Trinajstić information content (AvgIpc) is 2.78. The van der Waals surface area contributed by atoms with E-state index in [-0.39, 0.29) is 11.7 Å². The van der Waals surface area contributed by atoms with Crippen molar-refractivity contribution in [3.63, 3.8) is 0 Å². The first-order valence-corrected chi connectivity index (χ1v) is 5.54. The van der Waals surface area contributed by atoms with Crippen LogP contribution in [-0.2, 0) is 0 Å². The molecule has 6 nitrogen and oxygen atoms in total. The second kappa shape index (κ2) is 4.61. The van der Waals surface area contributed by atoms with Crippen molar-refractivity contribution in [3.8, 4) is 0 Å². The summed E-state index contributed by atoms with van der Waals surface area (Å²) >= 11 is 0. The van der Waals surface area contributed by atoms with E-state index in [2.05, 4.69) is 22.6 Å². The van der Waals surface area contributed by atoms with E-state index < -0.39 is 5.97 Å². The van der Waals surface area contributed by atoms with Crippen LogP contribution >= 0.6 is 0 Å². The molecule has 1 fully saturated rings. The Balaban J connectivity index is 2.07. The van der Waals surface area contributed by atoms with Crippen molar-refractivity contribution in [2.24, 2.45) is 5.92 Å². The van der Waals surface area contributed by atoms with Crippen molar-refractivity contribution < 1.29 is 9.90 Å². The molecule has 2 N–H and O–H groups in total. The summed E-state index contributed by atoms with van der Waals surface area (Å²) in [5, 5.41) is 19.6. The number of aromatic carboxylic acids is 1. The summed E-state index contributed by atoms with van der Waals surface area (Å²) in [5.41, 5.74) is 0.0146. The van der Waals surface area contributed by atoms with Gasteiger partial charge >= 0.3 is 5.97 Å². The summed E-state index contributed by atoms with van der Waals surface area (Å²) in [6, 6.07) is 0.211. The Bertz CT molecular complexity index is 371. The van der Waals surface area contributed by atoms with E-state index in [1.807, 2.05) is 0 Å². The van der Waals surface area contributed by atoms with Crippen LogP contribution in [-0.4, -0.2) is 39.2 Å². The van der Waals surface area contributed by atoms with Crippen LogP contribution < -0.4 is 5.32 Å². The number of nitrogens with one attached hydrogen (secondary N) is 1. The number of rotatable bonds is 3. The summed E-state index contributed by atoms with van der Waals surface area (Å²) in [7, 11) is 0. The monoisotopic (exact) mass is 224 g/mol. The van der Waals surface area contributed by atoms with Gasteiger partial charge in [0, 0.05) is 0 Å². The molecule has 0 saturated carbocycles. The predicted molar refractivity (Wildman–Crippen MR) is 57.3 cm³/mol. The van der Waals surface area contributed by atoms with Crippen LogP contribution in [0.5, 0.6) is 0 Å². The highest BCUT2D eigenvalue weighted by atomic mass is 16.4. The van der Waals surface area contributed by atoms with Crippen LogP contribution in [0.25, 0.3) is 0 Å². The summed E-state index contributed by atoms with van der Waals surface area (Å²) in [5.74, 6) is -0.478. The van der Waals surface area contributed by atoms with Gasteiger partial charge < -0.3 is 10.4 Å². The second-order valence-corrected chi connectivity index (χ2v) is 4.22. The molecule has 1 atom stereocenters. The molecule has 2 heterocycles. The highest BCUT2D eigenvalue weighted by Crippen LogP contribution is 2.25. The molecule has 0 spiro atoms. The Kier molecular flexibility index (Phi) is 3.19. The van der Waals surface area contributed by atoms with Crippen molar-refractivity contribution in [1.29, 1.82) is 0 Å². The number of nitrogens with zero attached hydrogens (tertiary/aromatic N) is 3. The number of carboxylic acids is 1. The predicted octanol–water partition coefficient (Wildman–Crippen LogP) is 0.537. The lowest BCUT2D eigenvalue weighted by atomic mass is 9.91. The van der Waals surface area contributed by atoms with E-state index in [0.29, 0.717) is 5.92 Å². The Morgan fingerprint density at radius 3 is 2.88 bits per heavy atom. The van der Waals surface area contributed by atoms with Gasteiger partial charge in [-0.05, 0) is 38.8 Å². The van der Waals surface area contributed by atoms with E-state index in [4.69, 9.17) is 5.11 Å². The van der Waals surface area contributed by atoms with Crippen LogP contribution in [0.3, 0.4) is 0 Å². The molecule has 2 rings (SSSR count). The third-order valence-electron chi connectivity index (χ3n) is 3.21. The highest BCUT2D eigenvalue weighted by molar-refractivity contribution is 5.84. The maximum Gasteiger partial charge on any atom is 0.358 e. The molecule has 88 valence electrons. The molecule has 16 heavy (non-hydrogen) atoms. The van der Waals surface area contributed by atoms with Gasteiger partial charge in [0.25, 0.3) is 0 Å². The van der Waals surface area contributed by atoms with E-state index in [1.165, 1.54) is 6.20 Å². The maximum absolute atomic E-state index is 10.7. The van der Waals surface area contributed by atoms with Crippen molar-refractivity contribution in [2.45, 2.75) is 25.8 Å². The number of carboxylic acid groups (broad SMARTS) is 1. The highest BCUT2D eigenvalue weighted by Gasteiger charge is 2.22. The Labute approximate surface area is 93.6 Å². The van der Waals surface area contributed by atoms with Gasteiger partial charge in [0.15, 0.2) is 5.69 Å². The molecular weight excluding hydrogens is 208 g/mol. The van der Waals surface area contributed by atoms with Crippen LogP contribution in [0.2, 0.25) is 0 Å². The minimum Gasteiger partial charge on any atom is -0.476 e. The summed E-state index contributed by atoms with van der Waals surface area (Å²) < 4.78 is 1.67. The lowest BCUT2D eigenvalue weighted by molar-refractivity contribution is 0.0690. The molecule has 1 aromatic heterocycles. The molecule has 0 radical (unpaired) electrons. The molecule has 1 unspecified atom stereocenters. The van der Waals surface area contributed by atoms with Gasteiger partial charge in [0.2, 0.25) is 0 Å². The smallest absolute Gasteiger partial charge is 0.358 e. The molecule has 6 heteroatoms. The lowest BCUT2D eigenvalue weighted by Gasteiger charge is -2.27. The van der Waals surface area contributed by atoms with Crippen LogP contribution in [0.1, 0.15) is 36.3 Å². The molecular formula is C10H16N4O2. The molecule has 0 amide bonds. The molecule has 0 aromatic carbocycles. The first-order valence-electron chi connectivity index (χ1n) is 5.54. The lowest BCUT2D eigenvalue weighted by Crippen LogP contribution is -2.32. The summed E-state index contributed by atoms with van der Waals surface area (Å²) in [6.07, 6.45) is 3.71. The van der Waals surface area contributed by atoms with Crippen LogP contribution in [0, 0.1) is 5.92 Å². The number of aromatic nitrogens is 3. The third kappa shape index (κ3) is 2.21. The van der Waals surface area contributed by atoms with Crippen molar-refractivity contribution in [1.82, 2.24) is 20.3 Å². The zero-order valence-corrected chi connectivity index (χ0v) is 9.26. The zero-order chi connectivity index (χ0) is 11.5. The fourth-order valence-electron chi connectivity index (χ4n) is 2.12. The summed E-state index contributed by atoms with van der Waals surface area (Å²) in [6.45, 7) is 4.11. The first kappa shape index (κ1) is 11.1. The maximum atomic E-state index is 10.7. The van der Waals surface area contributed by atoms with E-state index in [9.17, 15) is 4.79 Å². The number of hydrogen-bond donors (Lipinski definition) is 2. The molecule has 1 saturated heterocycles. The zero-order valence-electron chi connectivity index (χ0n) is 9.26. The fraction of sp³-hybridized carbons (Fsp3) is 0.700. The Morgan fingerprint density at radius 2 is 2.31 bits per heavy atom. The van der Waals surface area contributed by atoms with Gasteiger partial charge in [0.05, 0.1) is 12.2 Å². The molecule has 0 bridgehead atoms. The quantitative estimate of drug-likeness (QED) is 0.783. The SMILES string of the molecule is CC(C1CCNCC1)n1cc(C(=O)O)nn1. The first-order chi connectivity index (χ1) is 7.68. The Hall–Kier alpha value is -1.43. The minimum atomic E-state index is -1.02. The van der Waals surface area contributed by atoms with E-state index in [1.54, 1.807) is 4.68 Å².